The monoisotopic (exact) mass is 267 g/mol. The van der Waals surface area contributed by atoms with Gasteiger partial charge in [-0.25, -0.2) is 13.8 Å². The number of amides is 1. The van der Waals surface area contributed by atoms with Crippen LogP contribution in [0.4, 0.5) is 14.6 Å². The molecule has 0 spiro atoms. The number of nitrogens with zero attached hydrogens (tertiary/aromatic N) is 1. The maximum atomic E-state index is 12.7. The predicted molar refractivity (Wildman–Crippen MR) is 67.5 cm³/mol. The van der Waals surface area contributed by atoms with Crippen LogP contribution in [0.25, 0.3) is 0 Å². The lowest BCUT2D eigenvalue weighted by atomic mass is 9.88. The zero-order valence-corrected chi connectivity index (χ0v) is 10.7. The molecule has 0 saturated heterocycles. The van der Waals surface area contributed by atoms with E-state index >= 15 is 0 Å². The van der Waals surface area contributed by atoms with Gasteiger partial charge in [0, 0.05) is 18.7 Å². The Morgan fingerprint density at radius 3 is 2.89 bits per heavy atom. The van der Waals surface area contributed by atoms with Crippen molar-refractivity contribution < 1.29 is 18.2 Å². The molecule has 1 saturated carbocycles. The maximum Gasteiger partial charge on any atom is 0.330 e. The normalized spacial score (nSPS) is 20.2. The van der Waals surface area contributed by atoms with Crippen molar-refractivity contribution in [3.8, 4) is 0 Å². The summed E-state index contributed by atoms with van der Waals surface area (Å²) in [6.45, 7) is 3.77. The molecular formula is C12H14BF2N2O2. The molecule has 1 radical (unpaired) electrons. The molecule has 1 fully saturated rings. The number of alkyl halides is 2. The SMILES string of the molecule is CC(C)O[B]c1ccnc(NC(=O)C2CC2(F)F)c1. The van der Waals surface area contributed by atoms with Crippen LogP contribution in [0.2, 0.25) is 0 Å². The highest BCUT2D eigenvalue weighted by Gasteiger charge is 2.61. The number of hydrogen-bond donors (Lipinski definition) is 1. The van der Waals surface area contributed by atoms with E-state index in [0.29, 0.717) is 5.46 Å². The van der Waals surface area contributed by atoms with Gasteiger partial charge in [0.2, 0.25) is 5.91 Å². The summed E-state index contributed by atoms with van der Waals surface area (Å²) in [6, 6.07) is 3.27. The van der Waals surface area contributed by atoms with Crippen LogP contribution in [0.15, 0.2) is 18.3 Å². The molecule has 1 aliphatic rings. The Hall–Kier alpha value is -1.50. The number of carbonyl (C=O) groups excluding carboxylic acids is 1. The van der Waals surface area contributed by atoms with Gasteiger partial charge >= 0.3 is 7.48 Å². The van der Waals surface area contributed by atoms with E-state index in [1.807, 2.05) is 13.8 Å². The van der Waals surface area contributed by atoms with E-state index in [2.05, 4.69) is 10.3 Å². The Bertz CT molecular complexity index is 483. The largest absolute Gasteiger partial charge is 0.432 e. The molecule has 1 aliphatic carbocycles. The second kappa shape index (κ2) is 5.24. The predicted octanol–water partition coefficient (Wildman–Crippen LogP) is 1.34. The molecule has 101 valence electrons. The first-order valence-corrected chi connectivity index (χ1v) is 6.02. The Balaban J connectivity index is 1.94. The van der Waals surface area contributed by atoms with Gasteiger partial charge < -0.3 is 9.97 Å². The van der Waals surface area contributed by atoms with Crippen LogP contribution in [-0.4, -0.2) is 30.4 Å². The average molecular weight is 267 g/mol. The fourth-order valence-corrected chi connectivity index (χ4v) is 1.51. The minimum Gasteiger partial charge on any atom is -0.432 e. The van der Waals surface area contributed by atoms with Crippen LogP contribution < -0.4 is 10.8 Å². The molecule has 0 aliphatic heterocycles. The summed E-state index contributed by atoms with van der Waals surface area (Å²) in [6.07, 6.45) is 1.13. The van der Waals surface area contributed by atoms with Gasteiger partial charge in [-0.15, -0.1) is 0 Å². The maximum absolute atomic E-state index is 12.7. The van der Waals surface area contributed by atoms with Crippen LogP contribution in [0, 0.1) is 5.92 Å². The van der Waals surface area contributed by atoms with Crippen molar-refractivity contribution in [1.82, 2.24) is 4.98 Å². The molecule has 2 rings (SSSR count). The first-order valence-electron chi connectivity index (χ1n) is 6.02. The van der Waals surface area contributed by atoms with E-state index < -0.39 is 17.7 Å². The number of pyridine rings is 1. The summed E-state index contributed by atoms with van der Waals surface area (Å²) in [5.41, 5.74) is 0.710. The van der Waals surface area contributed by atoms with Crippen LogP contribution in [0.1, 0.15) is 20.3 Å². The summed E-state index contributed by atoms with van der Waals surface area (Å²) in [4.78, 5) is 15.4. The standard InChI is InChI=1S/C12H14BF2N2O2/c1-7(2)19-13-8-3-4-16-10(5-8)17-11(18)9-6-12(9,14)15/h3-5,7,9H,6H2,1-2H3,(H,16,17,18). The number of carbonyl (C=O) groups is 1. The lowest BCUT2D eigenvalue weighted by Gasteiger charge is -2.08. The molecule has 1 aromatic rings. The summed E-state index contributed by atoms with van der Waals surface area (Å²) < 4.78 is 30.8. The molecule has 19 heavy (non-hydrogen) atoms. The van der Waals surface area contributed by atoms with E-state index in [4.69, 9.17) is 4.65 Å². The molecule has 7 heteroatoms. The van der Waals surface area contributed by atoms with Crippen molar-refractivity contribution in [3.63, 3.8) is 0 Å². The second-order valence-electron chi connectivity index (χ2n) is 4.78. The van der Waals surface area contributed by atoms with Crippen LogP contribution in [0.5, 0.6) is 0 Å². The van der Waals surface area contributed by atoms with E-state index in [9.17, 15) is 13.6 Å². The van der Waals surface area contributed by atoms with Gasteiger partial charge in [0.1, 0.15) is 11.7 Å². The third kappa shape index (κ3) is 3.73. The van der Waals surface area contributed by atoms with E-state index in [1.54, 1.807) is 12.1 Å². The van der Waals surface area contributed by atoms with Crippen LogP contribution in [0.3, 0.4) is 0 Å². The number of anilines is 1. The van der Waals surface area contributed by atoms with Gasteiger partial charge in [-0.2, -0.15) is 0 Å². The molecule has 0 bridgehead atoms. The highest BCUT2D eigenvalue weighted by Crippen LogP contribution is 2.48. The van der Waals surface area contributed by atoms with Gasteiger partial charge in [-0.05, 0) is 31.4 Å². The number of halogens is 2. The Labute approximate surface area is 110 Å². The third-order valence-electron chi connectivity index (χ3n) is 2.65. The summed E-state index contributed by atoms with van der Waals surface area (Å²) in [5, 5.41) is 2.38. The van der Waals surface area contributed by atoms with Crippen molar-refractivity contribution in [2.45, 2.75) is 32.3 Å². The van der Waals surface area contributed by atoms with Gasteiger partial charge in [0.15, 0.2) is 0 Å². The highest BCUT2D eigenvalue weighted by molar-refractivity contribution is 6.47. The van der Waals surface area contributed by atoms with E-state index in [0.717, 1.165) is 0 Å². The molecule has 1 unspecified atom stereocenters. The lowest BCUT2D eigenvalue weighted by Crippen LogP contribution is -2.23. The second-order valence-corrected chi connectivity index (χ2v) is 4.78. The molecular weight excluding hydrogens is 253 g/mol. The molecule has 1 aromatic heterocycles. The Morgan fingerprint density at radius 1 is 1.63 bits per heavy atom. The number of rotatable bonds is 5. The minimum atomic E-state index is -2.87. The lowest BCUT2D eigenvalue weighted by molar-refractivity contribution is -0.119. The molecule has 4 nitrogen and oxygen atoms in total. The molecule has 1 heterocycles. The summed E-state index contributed by atoms with van der Waals surface area (Å²) >= 11 is 0. The molecule has 1 amide bonds. The van der Waals surface area contributed by atoms with E-state index in [1.165, 1.54) is 13.7 Å². The van der Waals surface area contributed by atoms with Crippen molar-refractivity contribution in [2.75, 3.05) is 5.32 Å². The highest BCUT2D eigenvalue weighted by atomic mass is 19.3. The smallest absolute Gasteiger partial charge is 0.330 e. The van der Waals surface area contributed by atoms with Gasteiger partial charge in [-0.3, -0.25) is 4.79 Å². The Morgan fingerprint density at radius 2 is 2.32 bits per heavy atom. The molecule has 0 aromatic carbocycles. The van der Waals surface area contributed by atoms with Crippen LogP contribution in [-0.2, 0) is 9.45 Å². The van der Waals surface area contributed by atoms with Gasteiger partial charge in [-0.1, -0.05) is 0 Å². The number of hydrogen-bond acceptors (Lipinski definition) is 3. The molecule has 1 N–H and O–H groups in total. The van der Waals surface area contributed by atoms with Crippen molar-refractivity contribution in [1.29, 1.82) is 0 Å². The summed E-state index contributed by atoms with van der Waals surface area (Å²) in [7, 11) is 1.54. The average Bonchev–Trinajstić information content (AvgIpc) is 2.96. The first-order chi connectivity index (χ1) is 8.88. The quantitative estimate of drug-likeness (QED) is 0.819. The fraction of sp³-hybridized carbons (Fsp3) is 0.500. The third-order valence-corrected chi connectivity index (χ3v) is 2.65. The summed E-state index contributed by atoms with van der Waals surface area (Å²) in [5.74, 6) is -4.55. The van der Waals surface area contributed by atoms with Gasteiger partial charge in [0.25, 0.3) is 5.92 Å². The first kappa shape index (κ1) is 13.9. The van der Waals surface area contributed by atoms with Crippen molar-refractivity contribution in [3.05, 3.63) is 18.3 Å². The van der Waals surface area contributed by atoms with Gasteiger partial charge in [0.05, 0.1) is 0 Å². The minimum absolute atomic E-state index is 0.0383. The zero-order chi connectivity index (χ0) is 14.0. The van der Waals surface area contributed by atoms with Crippen LogP contribution >= 0.6 is 0 Å². The fourth-order valence-electron chi connectivity index (χ4n) is 1.51. The van der Waals surface area contributed by atoms with Crippen molar-refractivity contribution in [2.24, 2.45) is 5.92 Å². The topological polar surface area (TPSA) is 51.2 Å². The number of nitrogens with one attached hydrogen (secondary N) is 1. The Kier molecular flexibility index (Phi) is 3.84. The van der Waals surface area contributed by atoms with E-state index in [-0.39, 0.29) is 18.3 Å². The molecule has 1 atom stereocenters. The zero-order valence-electron chi connectivity index (χ0n) is 10.7. The van der Waals surface area contributed by atoms with Crippen molar-refractivity contribution >= 4 is 24.7 Å². The number of aromatic nitrogens is 1.